The van der Waals surface area contributed by atoms with Crippen LogP contribution in [-0.4, -0.2) is 26.1 Å². The Kier molecular flexibility index (Phi) is 6.55. The van der Waals surface area contributed by atoms with Crippen LogP contribution >= 0.6 is 0 Å². The summed E-state index contributed by atoms with van der Waals surface area (Å²) in [5.41, 5.74) is 1.32. The Morgan fingerprint density at radius 1 is 0.758 bits per heavy atom. The lowest BCUT2D eigenvalue weighted by Gasteiger charge is -2.19. The quantitative estimate of drug-likeness (QED) is 0.389. The van der Waals surface area contributed by atoms with Crippen molar-refractivity contribution >= 4 is 28.3 Å². The number of fused-ring (bicyclic) bond motifs is 1. The number of ether oxygens (including phenoxy) is 3. The molecule has 6 nitrogen and oxygen atoms in total. The molecule has 4 aromatic carbocycles. The van der Waals surface area contributed by atoms with E-state index in [-0.39, 0.29) is 5.56 Å². The number of hydrogen-bond donors (Lipinski definition) is 1. The van der Waals surface area contributed by atoms with Gasteiger partial charge < -0.3 is 19.5 Å². The van der Waals surface area contributed by atoms with Crippen LogP contribution in [0.2, 0.25) is 0 Å². The minimum absolute atomic E-state index is 0.242. The summed E-state index contributed by atoms with van der Waals surface area (Å²) in [5.74, 6) is -0.171. The molecule has 0 unspecified atom stereocenters. The van der Waals surface area contributed by atoms with Gasteiger partial charge >= 0.3 is 5.97 Å². The second kappa shape index (κ2) is 9.87. The van der Waals surface area contributed by atoms with E-state index in [0.717, 1.165) is 10.8 Å². The third-order valence-corrected chi connectivity index (χ3v) is 5.19. The van der Waals surface area contributed by atoms with Gasteiger partial charge in [0, 0.05) is 17.3 Å². The summed E-state index contributed by atoms with van der Waals surface area (Å²) in [7, 11) is 3.04. The number of carbonyl (C=O) groups excluding carboxylic acids is 2. The van der Waals surface area contributed by atoms with Gasteiger partial charge in [-0.05, 0) is 35.0 Å². The van der Waals surface area contributed by atoms with E-state index < -0.39 is 18.0 Å². The first kappa shape index (κ1) is 21.9. The fourth-order valence-electron chi connectivity index (χ4n) is 3.53. The maximum absolute atomic E-state index is 13.2. The van der Waals surface area contributed by atoms with Crippen molar-refractivity contribution in [3.8, 4) is 11.5 Å². The van der Waals surface area contributed by atoms with Crippen LogP contribution in [-0.2, 0) is 9.53 Å². The second-order valence-electron chi connectivity index (χ2n) is 7.32. The van der Waals surface area contributed by atoms with Crippen LogP contribution in [0.1, 0.15) is 22.0 Å². The minimum Gasteiger partial charge on any atom is -0.497 e. The van der Waals surface area contributed by atoms with Gasteiger partial charge in [-0.1, -0.05) is 60.7 Å². The van der Waals surface area contributed by atoms with Gasteiger partial charge in [-0.25, -0.2) is 4.79 Å². The van der Waals surface area contributed by atoms with Gasteiger partial charge in [-0.2, -0.15) is 0 Å². The van der Waals surface area contributed by atoms with Crippen molar-refractivity contribution in [1.29, 1.82) is 0 Å². The SMILES string of the molecule is COc1cccc(NC(=O)[C@H](OC(=O)c2cc3ccccc3cc2OC)c2ccccc2)c1. The van der Waals surface area contributed by atoms with Crippen LogP contribution in [0.15, 0.2) is 91.0 Å². The summed E-state index contributed by atoms with van der Waals surface area (Å²) in [6, 6.07) is 26.9. The van der Waals surface area contributed by atoms with Gasteiger partial charge in [0.1, 0.15) is 17.1 Å². The van der Waals surface area contributed by atoms with Crippen molar-refractivity contribution < 1.29 is 23.8 Å². The van der Waals surface area contributed by atoms with Gasteiger partial charge in [0.05, 0.1) is 14.2 Å². The number of nitrogens with one attached hydrogen (secondary N) is 1. The van der Waals surface area contributed by atoms with E-state index in [1.807, 2.05) is 30.3 Å². The van der Waals surface area contributed by atoms with Crippen molar-refractivity contribution in [2.45, 2.75) is 6.10 Å². The summed E-state index contributed by atoms with van der Waals surface area (Å²) in [5, 5.41) is 4.60. The molecule has 4 aromatic rings. The maximum Gasteiger partial charge on any atom is 0.343 e. The Bertz CT molecular complexity index is 1290. The van der Waals surface area contributed by atoms with Gasteiger partial charge in [-0.3, -0.25) is 4.79 Å². The molecule has 0 spiro atoms. The minimum atomic E-state index is -1.17. The van der Waals surface area contributed by atoms with E-state index in [1.165, 1.54) is 7.11 Å². The summed E-state index contributed by atoms with van der Waals surface area (Å²) < 4.78 is 16.4. The Morgan fingerprint density at radius 2 is 1.45 bits per heavy atom. The lowest BCUT2D eigenvalue weighted by atomic mass is 10.1. The fraction of sp³-hybridized carbons (Fsp3) is 0.111. The van der Waals surface area contributed by atoms with Crippen LogP contribution in [0.3, 0.4) is 0 Å². The Hall–Kier alpha value is -4.32. The topological polar surface area (TPSA) is 73.9 Å². The normalized spacial score (nSPS) is 11.5. The van der Waals surface area contributed by atoms with E-state index in [2.05, 4.69) is 5.32 Å². The lowest BCUT2D eigenvalue weighted by molar-refractivity contribution is -0.125. The molecule has 33 heavy (non-hydrogen) atoms. The molecule has 0 heterocycles. The van der Waals surface area contributed by atoms with Crippen LogP contribution in [0.5, 0.6) is 11.5 Å². The molecule has 6 heteroatoms. The molecule has 0 aliphatic heterocycles. The third-order valence-electron chi connectivity index (χ3n) is 5.19. The van der Waals surface area contributed by atoms with E-state index in [9.17, 15) is 9.59 Å². The van der Waals surface area contributed by atoms with Crippen molar-refractivity contribution in [2.24, 2.45) is 0 Å². The predicted octanol–water partition coefficient (Wildman–Crippen LogP) is 5.39. The molecule has 0 radical (unpaired) electrons. The molecule has 0 aromatic heterocycles. The molecule has 1 atom stereocenters. The number of carbonyl (C=O) groups is 2. The summed E-state index contributed by atoms with van der Waals surface area (Å²) >= 11 is 0. The summed E-state index contributed by atoms with van der Waals surface area (Å²) in [4.78, 5) is 26.4. The molecule has 1 N–H and O–H groups in total. The number of hydrogen-bond acceptors (Lipinski definition) is 5. The molecule has 0 bridgehead atoms. The molecule has 0 saturated carbocycles. The van der Waals surface area contributed by atoms with Gasteiger partial charge in [0.2, 0.25) is 6.10 Å². The highest BCUT2D eigenvalue weighted by molar-refractivity contribution is 6.01. The number of anilines is 1. The zero-order valence-electron chi connectivity index (χ0n) is 18.3. The first-order valence-electron chi connectivity index (χ1n) is 10.4. The fourth-order valence-corrected chi connectivity index (χ4v) is 3.53. The van der Waals surface area contributed by atoms with Crippen LogP contribution in [0, 0.1) is 0 Å². The van der Waals surface area contributed by atoms with Crippen LogP contribution < -0.4 is 14.8 Å². The second-order valence-corrected chi connectivity index (χ2v) is 7.32. The van der Waals surface area contributed by atoms with E-state index in [4.69, 9.17) is 14.2 Å². The first-order valence-corrected chi connectivity index (χ1v) is 10.4. The highest BCUT2D eigenvalue weighted by Crippen LogP contribution is 2.29. The third kappa shape index (κ3) is 4.96. The number of esters is 1. The zero-order valence-corrected chi connectivity index (χ0v) is 18.3. The summed E-state index contributed by atoms with van der Waals surface area (Å²) in [6.45, 7) is 0. The van der Waals surface area contributed by atoms with E-state index in [0.29, 0.717) is 22.7 Å². The Labute approximate surface area is 191 Å². The Morgan fingerprint density at radius 3 is 2.15 bits per heavy atom. The van der Waals surface area contributed by atoms with Crippen LogP contribution in [0.4, 0.5) is 5.69 Å². The number of methoxy groups -OCH3 is 2. The maximum atomic E-state index is 13.2. The van der Waals surface area contributed by atoms with Gasteiger partial charge in [-0.15, -0.1) is 0 Å². The molecule has 0 aliphatic rings. The largest absolute Gasteiger partial charge is 0.497 e. The molecule has 166 valence electrons. The number of benzene rings is 4. The molecule has 0 aliphatic carbocycles. The van der Waals surface area contributed by atoms with E-state index in [1.54, 1.807) is 67.8 Å². The predicted molar refractivity (Wildman–Crippen MR) is 127 cm³/mol. The average Bonchev–Trinajstić information content (AvgIpc) is 2.86. The highest BCUT2D eigenvalue weighted by Gasteiger charge is 2.27. The zero-order chi connectivity index (χ0) is 23.2. The molecule has 1 amide bonds. The smallest absolute Gasteiger partial charge is 0.343 e. The Balaban J connectivity index is 1.65. The standard InChI is InChI=1S/C27H23NO5/c1-31-22-14-8-13-21(17-22)28-26(29)25(18-9-4-3-5-10-18)33-27(30)23-15-19-11-6-7-12-20(19)16-24(23)32-2/h3-17,25H,1-2H3,(H,28,29)/t25-/m1/s1. The van der Waals surface area contributed by atoms with Crippen molar-refractivity contribution in [3.05, 3.63) is 102 Å². The van der Waals surface area contributed by atoms with Crippen molar-refractivity contribution in [1.82, 2.24) is 0 Å². The molecule has 0 fully saturated rings. The van der Waals surface area contributed by atoms with Crippen molar-refractivity contribution in [3.63, 3.8) is 0 Å². The molecule has 0 saturated heterocycles. The van der Waals surface area contributed by atoms with E-state index >= 15 is 0 Å². The van der Waals surface area contributed by atoms with Gasteiger partial charge in [0.25, 0.3) is 5.91 Å². The first-order chi connectivity index (χ1) is 16.1. The molecular formula is C27H23NO5. The number of amides is 1. The van der Waals surface area contributed by atoms with Gasteiger partial charge in [0.15, 0.2) is 0 Å². The number of rotatable bonds is 7. The highest BCUT2D eigenvalue weighted by atomic mass is 16.6. The lowest BCUT2D eigenvalue weighted by Crippen LogP contribution is -2.26. The molecule has 4 rings (SSSR count). The van der Waals surface area contributed by atoms with Crippen LogP contribution in [0.25, 0.3) is 10.8 Å². The van der Waals surface area contributed by atoms with Crippen molar-refractivity contribution in [2.75, 3.05) is 19.5 Å². The summed E-state index contributed by atoms with van der Waals surface area (Å²) in [6.07, 6.45) is -1.17. The monoisotopic (exact) mass is 441 g/mol. The molecular weight excluding hydrogens is 418 g/mol. The average molecular weight is 441 g/mol.